The third kappa shape index (κ3) is 5.69. The number of benzene rings is 3. The number of methoxy groups -OCH3 is 2. The Hall–Kier alpha value is -3.82. The highest BCUT2D eigenvalue weighted by Crippen LogP contribution is 2.39. The largest absolute Gasteiger partial charge is 0.497 e. The van der Waals surface area contributed by atoms with Gasteiger partial charge in [-0.2, -0.15) is 10.1 Å². The van der Waals surface area contributed by atoms with Crippen molar-refractivity contribution in [1.29, 1.82) is 0 Å². The van der Waals surface area contributed by atoms with Crippen molar-refractivity contribution in [3.63, 3.8) is 0 Å². The minimum absolute atomic E-state index is 0.00265. The number of nitrogens with zero attached hydrogens (tertiary/aromatic N) is 3. The summed E-state index contributed by atoms with van der Waals surface area (Å²) < 4.78 is 10.5. The van der Waals surface area contributed by atoms with Crippen molar-refractivity contribution in [3.05, 3.63) is 88.9 Å². The molecular weight excluding hydrogens is 524 g/mol. The number of ether oxygens (including phenoxy) is 2. The Morgan fingerprint density at radius 3 is 2.26 bits per heavy atom. The van der Waals surface area contributed by atoms with Gasteiger partial charge in [0.25, 0.3) is 5.91 Å². The standard InChI is InChI=1S/C28H25ClN4O4S/c1-36-21-11-5-18(6-12-21)24-15-23(17-3-7-19(29)8-4-17)32-33(24)28-31-27(35)25(38-28)16-26(34)30-20-9-13-22(37-2)14-10-20/h3-14,24-25H,15-16H2,1-2H3,(H,30,34)/t24-,25+/m1/s1. The topological polar surface area (TPSA) is 92.6 Å². The Bertz CT molecular complexity index is 1390. The molecule has 3 aromatic carbocycles. The monoisotopic (exact) mass is 548 g/mol. The second-order valence-corrected chi connectivity index (χ2v) is 10.3. The summed E-state index contributed by atoms with van der Waals surface area (Å²) in [6.45, 7) is 0. The van der Waals surface area contributed by atoms with Crippen LogP contribution in [0, 0.1) is 0 Å². The van der Waals surface area contributed by atoms with Crippen LogP contribution >= 0.6 is 23.4 Å². The van der Waals surface area contributed by atoms with Crippen LogP contribution in [0.1, 0.15) is 30.0 Å². The van der Waals surface area contributed by atoms with Crippen molar-refractivity contribution in [2.75, 3.05) is 19.5 Å². The Morgan fingerprint density at radius 1 is 1.00 bits per heavy atom. The first-order valence-electron chi connectivity index (χ1n) is 11.9. The van der Waals surface area contributed by atoms with Gasteiger partial charge in [-0.3, -0.25) is 9.59 Å². The lowest BCUT2D eigenvalue weighted by atomic mass is 9.98. The predicted octanol–water partition coefficient (Wildman–Crippen LogP) is 5.54. The zero-order chi connectivity index (χ0) is 26.6. The number of rotatable bonds is 7. The SMILES string of the molecule is COc1ccc(NC(=O)C[C@@H]2SC(N3N=C(c4ccc(Cl)cc4)C[C@@H]3c3ccc(OC)cc3)=NC2=O)cc1. The van der Waals surface area contributed by atoms with Crippen LogP contribution in [-0.4, -0.2) is 47.2 Å². The van der Waals surface area contributed by atoms with E-state index in [0.29, 0.717) is 28.0 Å². The van der Waals surface area contributed by atoms with E-state index in [2.05, 4.69) is 10.3 Å². The maximum Gasteiger partial charge on any atom is 0.262 e. The first kappa shape index (κ1) is 25.8. The summed E-state index contributed by atoms with van der Waals surface area (Å²) in [5, 5.41) is 9.97. The zero-order valence-corrected chi connectivity index (χ0v) is 22.3. The summed E-state index contributed by atoms with van der Waals surface area (Å²) in [5.41, 5.74) is 3.44. The molecule has 0 spiro atoms. The van der Waals surface area contributed by atoms with Gasteiger partial charge < -0.3 is 14.8 Å². The fraction of sp³-hybridized carbons (Fsp3) is 0.214. The van der Waals surface area contributed by atoms with E-state index in [-0.39, 0.29) is 24.3 Å². The molecule has 1 N–H and O–H groups in total. The maximum atomic E-state index is 12.8. The van der Waals surface area contributed by atoms with E-state index >= 15 is 0 Å². The predicted molar refractivity (Wildman–Crippen MR) is 150 cm³/mol. The molecule has 2 heterocycles. The van der Waals surface area contributed by atoms with E-state index in [0.717, 1.165) is 22.6 Å². The minimum atomic E-state index is -0.630. The van der Waals surface area contributed by atoms with Crippen LogP contribution in [0.15, 0.2) is 82.9 Å². The van der Waals surface area contributed by atoms with Crippen molar-refractivity contribution in [3.8, 4) is 11.5 Å². The van der Waals surface area contributed by atoms with Crippen LogP contribution in [0.3, 0.4) is 0 Å². The van der Waals surface area contributed by atoms with E-state index in [4.69, 9.17) is 26.2 Å². The summed E-state index contributed by atoms with van der Waals surface area (Å²) in [6.07, 6.45) is 0.613. The molecule has 0 unspecified atom stereocenters. The first-order chi connectivity index (χ1) is 18.4. The number of amides is 2. The van der Waals surface area contributed by atoms with Crippen LogP contribution in [0.2, 0.25) is 5.02 Å². The maximum absolute atomic E-state index is 12.8. The van der Waals surface area contributed by atoms with Crippen molar-refractivity contribution in [2.24, 2.45) is 10.1 Å². The normalized spacial score (nSPS) is 18.7. The van der Waals surface area contributed by atoms with E-state index in [1.807, 2.05) is 48.5 Å². The molecule has 194 valence electrons. The highest BCUT2D eigenvalue weighted by molar-refractivity contribution is 8.15. The molecule has 5 rings (SSSR count). The Balaban J connectivity index is 1.33. The van der Waals surface area contributed by atoms with Crippen molar-refractivity contribution >= 4 is 51.7 Å². The third-order valence-corrected chi connectivity index (χ3v) is 7.65. The molecule has 10 heteroatoms. The number of halogens is 1. The molecule has 0 aliphatic carbocycles. The molecular formula is C28H25ClN4O4S. The van der Waals surface area contributed by atoms with Gasteiger partial charge in [-0.05, 0) is 59.7 Å². The molecule has 2 aliphatic heterocycles. The summed E-state index contributed by atoms with van der Waals surface area (Å²) >= 11 is 7.34. The Labute approximate surface area is 229 Å². The number of carbonyl (C=O) groups excluding carboxylic acids is 2. The highest BCUT2D eigenvalue weighted by atomic mass is 35.5. The van der Waals surface area contributed by atoms with Crippen molar-refractivity contribution in [1.82, 2.24) is 5.01 Å². The molecule has 0 aromatic heterocycles. The lowest BCUT2D eigenvalue weighted by Gasteiger charge is -2.23. The lowest BCUT2D eigenvalue weighted by molar-refractivity contribution is -0.121. The molecule has 0 bridgehead atoms. The number of hydrogen-bond acceptors (Lipinski definition) is 7. The number of nitrogens with one attached hydrogen (secondary N) is 1. The number of anilines is 1. The first-order valence-corrected chi connectivity index (χ1v) is 13.2. The van der Waals surface area contributed by atoms with Gasteiger partial charge in [0, 0.05) is 23.6 Å². The number of carbonyl (C=O) groups is 2. The van der Waals surface area contributed by atoms with Crippen LogP contribution in [0.5, 0.6) is 11.5 Å². The quantitative estimate of drug-likeness (QED) is 0.417. The van der Waals surface area contributed by atoms with Gasteiger partial charge in [-0.25, -0.2) is 5.01 Å². The van der Waals surface area contributed by atoms with E-state index in [9.17, 15) is 9.59 Å². The van der Waals surface area contributed by atoms with Crippen LogP contribution in [0.4, 0.5) is 5.69 Å². The summed E-state index contributed by atoms with van der Waals surface area (Å²) in [4.78, 5) is 29.8. The third-order valence-electron chi connectivity index (χ3n) is 6.26. The smallest absolute Gasteiger partial charge is 0.262 e. The number of hydrogen-bond donors (Lipinski definition) is 1. The van der Waals surface area contributed by atoms with E-state index in [1.54, 1.807) is 43.5 Å². The van der Waals surface area contributed by atoms with Gasteiger partial charge in [0.15, 0.2) is 5.17 Å². The summed E-state index contributed by atoms with van der Waals surface area (Å²) in [6, 6.07) is 22.1. The lowest BCUT2D eigenvalue weighted by Crippen LogP contribution is -2.25. The number of aliphatic imine (C=N–C) groups is 1. The van der Waals surface area contributed by atoms with Gasteiger partial charge in [0.05, 0.1) is 26.0 Å². The minimum Gasteiger partial charge on any atom is -0.497 e. The van der Waals surface area contributed by atoms with Gasteiger partial charge in [0.1, 0.15) is 16.7 Å². The molecule has 38 heavy (non-hydrogen) atoms. The van der Waals surface area contributed by atoms with Crippen molar-refractivity contribution < 1.29 is 19.1 Å². The fourth-order valence-corrected chi connectivity index (χ4v) is 5.44. The van der Waals surface area contributed by atoms with E-state index < -0.39 is 5.25 Å². The van der Waals surface area contributed by atoms with Crippen LogP contribution < -0.4 is 14.8 Å². The average Bonchev–Trinajstić information content (AvgIpc) is 3.53. The van der Waals surface area contributed by atoms with Gasteiger partial charge in [0.2, 0.25) is 5.91 Å². The van der Waals surface area contributed by atoms with Crippen LogP contribution in [-0.2, 0) is 9.59 Å². The number of hydrazone groups is 1. The number of thioether (sulfide) groups is 1. The van der Waals surface area contributed by atoms with Crippen molar-refractivity contribution in [2.45, 2.75) is 24.1 Å². The van der Waals surface area contributed by atoms with Gasteiger partial charge in [-0.1, -0.05) is 47.6 Å². The summed E-state index contributed by atoms with van der Waals surface area (Å²) in [7, 11) is 3.20. The molecule has 2 aliphatic rings. The molecule has 8 nitrogen and oxygen atoms in total. The second kappa shape index (κ2) is 11.3. The summed E-state index contributed by atoms with van der Waals surface area (Å²) in [5.74, 6) is 0.829. The molecule has 0 radical (unpaired) electrons. The highest BCUT2D eigenvalue weighted by Gasteiger charge is 2.39. The molecule has 0 saturated heterocycles. The molecule has 0 saturated carbocycles. The second-order valence-electron chi connectivity index (χ2n) is 8.71. The van der Waals surface area contributed by atoms with Crippen LogP contribution in [0.25, 0.3) is 0 Å². The average molecular weight is 549 g/mol. The fourth-order valence-electron chi connectivity index (χ4n) is 4.25. The molecule has 3 aromatic rings. The molecule has 2 amide bonds. The zero-order valence-electron chi connectivity index (χ0n) is 20.8. The van der Waals surface area contributed by atoms with Gasteiger partial charge in [-0.15, -0.1) is 0 Å². The Kier molecular flexibility index (Phi) is 7.67. The van der Waals surface area contributed by atoms with E-state index in [1.165, 1.54) is 11.8 Å². The Morgan fingerprint density at radius 2 is 1.63 bits per heavy atom. The molecule has 2 atom stereocenters. The molecule has 0 fully saturated rings. The van der Waals surface area contributed by atoms with Gasteiger partial charge >= 0.3 is 0 Å². The number of amidine groups is 1.